The summed E-state index contributed by atoms with van der Waals surface area (Å²) in [4.78, 5) is 4.82. The lowest BCUT2D eigenvalue weighted by Crippen LogP contribution is -2.26. The Labute approximate surface area is 390 Å². The molecule has 10 aromatic carbocycles. The number of hydrogen-bond donors (Lipinski definition) is 0. The largest absolute Gasteiger partial charge is 0.454 e. The minimum Gasteiger partial charge on any atom is -0.454 e. The van der Waals surface area contributed by atoms with Crippen molar-refractivity contribution in [2.45, 2.75) is 24.7 Å². The van der Waals surface area contributed by atoms with Crippen LogP contribution in [0.15, 0.2) is 235 Å². The van der Waals surface area contributed by atoms with Crippen molar-refractivity contribution < 1.29 is 4.42 Å². The second-order valence-corrected chi connectivity index (χ2v) is 18.8. The van der Waals surface area contributed by atoms with E-state index >= 15 is 0 Å². The standard InChI is InChI=1S/C64H44N2O/c1-63(2)54-27-13-9-22-46(54)49-35-32-44(39-58(49)63)65(41-18-5-3-6-19-41)43-34-37-57-53(38-43)48-24-11-15-29-56(48)64(57)55-28-14-10-23-47(55)50-36-33-45(40-59(50)64)66(42-20-7-4-8-21-42)60-30-17-26-52-51-25-12-16-31-61(51)67-62(52)60/h3-40H,1-2H3. The van der Waals surface area contributed by atoms with Gasteiger partial charge in [-0.2, -0.15) is 0 Å². The highest BCUT2D eigenvalue weighted by molar-refractivity contribution is 6.10. The van der Waals surface area contributed by atoms with Gasteiger partial charge in [-0.25, -0.2) is 0 Å². The van der Waals surface area contributed by atoms with Gasteiger partial charge in [0.05, 0.1) is 11.1 Å². The fraction of sp³-hybridized carbons (Fsp3) is 0.0625. The smallest absolute Gasteiger partial charge is 0.159 e. The summed E-state index contributed by atoms with van der Waals surface area (Å²) < 4.78 is 6.73. The Kier molecular flexibility index (Phi) is 7.95. The van der Waals surface area contributed by atoms with E-state index in [-0.39, 0.29) is 5.41 Å². The topological polar surface area (TPSA) is 19.6 Å². The third-order valence-electron chi connectivity index (χ3n) is 15.1. The molecule has 3 heteroatoms. The van der Waals surface area contributed by atoms with E-state index in [0.29, 0.717) is 0 Å². The van der Waals surface area contributed by atoms with Crippen LogP contribution in [0.1, 0.15) is 47.2 Å². The number of anilines is 6. The van der Waals surface area contributed by atoms with Gasteiger partial charge in [-0.3, -0.25) is 0 Å². The SMILES string of the molecule is CC1(C)c2ccccc2-c2ccc(N(c3ccccc3)c3ccc4c(c3)-c3ccccc3C43c4ccccc4-c4ccc(N(c5ccccc5)c5cccc6c5oc5ccccc56)cc43)cc21. The summed E-state index contributed by atoms with van der Waals surface area (Å²) in [5.74, 6) is 0. The quantitative estimate of drug-likeness (QED) is 0.166. The number of furan rings is 1. The summed E-state index contributed by atoms with van der Waals surface area (Å²) >= 11 is 0. The van der Waals surface area contributed by atoms with Crippen LogP contribution in [0.2, 0.25) is 0 Å². The number of rotatable bonds is 6. The van der Waals surface area contributed by atoms with E-state index < -0.39 is 5.41 Å². The average Bonchev–Trinajstić information content (AvgIpc) is 4.07. The summed E-state index contributed by atoms with van der Waals surface area (Å²) in [6.45, 7) is 4.72. The van der Waals surface area contributed by atoms with Crippen LogP contribution in [-0.4, -0.2) is 0 Å². The van der Waals surface area contributed by atoms with Gasteiger partial charge in [-0.1, -0.05) is 172 Å². The van der Waals surface area contributed by atoms with Crippen LogP contribution in [0.4, 0.5) is 34.1 Å². The lowest BCUT2D eigenvalue weighted by molar-refractivity contribution is 0.660. The maximum atomic E-state index is 6.73. The second kappa shape index (κ2) is 14.1. The van der Waals surface area contributed by atoms with Gasteiger partial charge in [0.15, 0.2) is 5.58 Å². The molecule has 14 rings (SSSR count). The van der Waals surface area contributed by atoms with Crippen molar-refractivity contribution in [1.29, 1.82) is 0 Å². The lowest BCUT2D eigenvalue weighted by atomic mass is 9.70. The first-order valence-electron chi connectivity index (χ1n) is 23.3. The summed E-state index contributed by atoms with van der Waals surface area (Å²) in [5.41, 5.74) is 23.2. The van der Waals surface area contributed by atoms with E-state index in [2.05, 4.69) is 248 Å². The first kappa shape index (κ1) is 37.9. The van der Waals surface area contributed by atoms with Crippen LogP contribution in [0.5, 0.6) is 0 Å². The zero-order valence-electron chi connectivity index (χ0n) is 37.2. The molecule has 316 valence electrons. The van der Waals surface area contributed by atoms with Crippen molar-refractivity contribution in [3.8, 4) is 33.4 Å². The molecule has 1 unspecified atom stereocenters. The van der Waals surface area contributed by atoms with Crippen molar-refractivity contribution >= 4 is 56.1 Å². The highest BCUT2D eigenvalue weighted by Gasteiger charge is 2.52. The minimum atomic E-state index is -0.554. The summed E-state index contributed by atoms with van der Waals surface area (Å²) in [6, 6.07) is 84.9. The van der Waals surface area contributed by atoms with E-state index in [1.54, 1.807) is 0 Å². The molecule has 3 aliphatic rings. The molecule has 1 heterocycles. The fourth-order valence-electron chi connectivity index (χ4n) is 12.2. The van der Waals surface area contributed by atoms with E-state index in [0.717, 1.165) is 56.1 Å². The minimum absolute atomic E-state index is 0.121. The third kappa shape index (κ3) is 5.23. The van der Waals surface area contributed by atoms with Gasteiger partial charge in [0.25, 0.3) is 0 Å². The number of fused-ring (bicyclic) bond motifs is 16. The predicted octanol–water partition coefficient (Wildman–Crippen LogP) is 17.2. The van der Waals surface area contributed by atoms with Gasteiger partial charge in [0.2, 0.25) is 0 Å². The Hall–Kier alpha value is -8.40. The molecule has 0 bridgehead atoms. The van der Waals surface area contributed by atoms with Crippen molar-refractivity contribution in [2.75, 3.05) is 9.80 Å². The molecule has 0 fully saturated rings. The monoisotopic (exact) mass is 856 g/mol. The fourth-order valence-corrected chi connectivity index (χ4v) is 12.2. The molecule has 0 saturated carbocycles. The molecule has 1 spiro atoms. The second-order valence-electron chi connectivity index (χ2n) is 18.8. The van der Waals surface area contributed by atoms with Crippen molar-refractivity contribution in [2.24, 2.45) is 0 Å². The Morgan fingerprint density at radius 3 is 1.51 bits per heavy atom. The maximum Gasteiger partial charge on any atom is 0.159 e. The van der Waals surface area contributed by atoms with Crippen molar-refractivity contribution in [1.82, 2.24) is 0 Å². The van der Waals surface area contributed by atoms with Gasteiger partial charge in [-0.05, 0) is 140 Å². The zero-order chi connectivity index (χ0) is 44.4. The molecule has 1 aromatic heterocycles. The van der Waals surface area contributed by atoms with Crippen LogP contribution in [-0.2, 0) is 10.8 Å². The molecule has 0 N–H and O–H groups in total. The van der Waals surface area contributed by atoms with Gasteiger partial charge in [0, 0.05) is 44.6 Å². The lowest BCUT2D eigenvalue weighted by Gasteiger charge is -2.32. The normalized spacial score (nSPS) is 15.5. The molecule has 3 nitrogen and oxygen atoms in total. The highest BCUT2D eigenvalue weighted by Crippen LogP contribution is 2.64. The molecule has 0 saturated heterocycles. The average molecular weight is 857 g/mol. The van der Waals surface area contributed by atoms with Gasteiger partial charge in [0.1, 0.15) is 5.58 Å². The van der Waals surface area contributed by atoms with Crippen molar-refractivity contribution in [3.05, 3.63) is 264 Å². The molecule has 0 radical (unpaired) electrons. The summed E-state index contributed by atoms with van der Waals surface area (Å²) in [5, 5.41) is 2.22. The summed E-state index contributed by atoms with van der Waals surface area (Å²) in [6.07, 6.45) is 0. The van der Waals surface area contributed by atoms with Crippen LogP contribution in [0.3, 0.4) is 0 Å². The third-order valence-corrected chi connectivity index (χ3v) is 15.1. The predicted molar refractivity (Wildman–Crippen MR) is 277 cm³/mol. The number of hydrogen-bond acceptors (Lipinski definition) is 3. The van der Waals surface area contributed by atoms with Gasteiger partial charge >= 0.3 is 0 Å². The molecule has 67 heavy (non-hydrogen) atoms. The van der Waals surface area contributed by atoms with E-state index in [1.807, 2.05) is 6.07 Å². The van der Waals surface area contributed by atoms with Crippen LogP contribution in [0, 0.1) is 0 Å². The molecule has 0 aliphatic heterocycles. The molecule has 11 aromatic rings. The molecule has 0 amide bonds. The molecule has 3 aliphatic carbocycles. The molecular weight excluding hydrogens is 813 g/mol. The van der Waals surface area contributed by atoms with Crippen LogP contribution in [0.25, 0.3) is 55.3 Å². The van der Waals surface area contributed by atoms with Gasteiger partial charge < -0.3 is 14.2 Å². The first-order chi connectivity index (χ1) is 33.0. The highest BCUT2D eigenvalue weighted by atomic mass is 16.3. The molecule has 1 atom stereocenters. The Morgan fingerprint density at radius 1 is 0.313 bits per heavy atom. The van der Waals surface area contributed by atoms with Crippen LogP contribution < -0.4 is 9.80 Å². The summed E-state index contributed by atoms with van der Waals surface area (Å²) in [7, 11) is 0. The van der Waals surface area contributed by atoms with Gasteiger partial charge in [-0.15, -0.1) is 0 Å². The van der Waals surface area contributed by atoms with E-state index in [9.17, 15) is 0 Å². The first-order valence-corrected chi connectivity index (χ1v) is 23.3. The number of para-hydroxylation sites is 4. The maximum absolute atomic E-state index is 6.73. The Balaban J connectivity index is 0.982. The van der Waals surface area contributed by atoms with E-state index in [1.165, 1.54) is 66.8 Å². The van der Waals surface area contributed by atoms with E-state index in [4.69, 9.17) is 4.42 Å². The Bertz CT molecular complexity index is 3810. The van der Waals surface area contributed by atoms with Crippen LogP contribution >= 0.6 is 0 Å². The van der Waals surface area contributed by atoms with Crippen molar-refractivity contribution in [3.63, 3.8) is 0 Å². The Morgan fingerprint density at radius 2 is 0.791 bits per heavy atom. The molecular formula is C64H44N2O. The number of benzene rings is 10. The number of nitrogens with zero attached hydrogens (tertiary/aromatic N) is 2. The zero-order valence-corrected chi connectivity index (χ0v) is 37.2.